The molecule has 1 fully saturated rings. The molecule has 0 saturated heterocycles. The highest BCUT2D eigenvalue weighted by Crippen LogP contribution is 2.37. The van der Waals surface area contributed by atoms with Crippen LogP contribution in [-0.4, -0.2) is 28.9 Å². The molecule has 1 aromatic rings. The molecular formula is C13H12ClNO3. The van der Waals surface area contributed by atoms with Crippen molar-refractivity contribution in [1.82, 2.24) is 0 Å². The minimum atomic E-state index is -0.557. The van der Waals surface area contributed by atoms with E-state index in [1.165, 1.54) is 11.0 Å². The Bertz CT molecular complexity index is 543. The molecule has 0 aromatic heterocycles. The number of amides is 1. The highest BCUT2D eigenvalue weighted by Gasteiger charge is 2.43. The number of hydrogen-bond donors (Lipinski definition) is 1. The third-order valence-corrected chi connectivity index (χ3v) is 3.89. The van der Waals surface area contributed by atoms with E-state index in [0.717, 1.165) is 12.8 Å². The van der Waals surface area contributed by atoms with Gasteiger partial charge in [-0.25, -0.2) is 0 Å². The summed E-state index contributed by atoms with van der Waals surface area (Å²) >= 11 is 5.84. The van der Waals surface area contributed by atoms with E-state index in [4.69, 9.17) is 11.6 Å². The van der Waals surface area contributed by atoms with Crippen LogP contribution in [-0.2, 0) is 4.79 Å². The van der Waals surface area contributed by atoms with Gasteiger partial charge in [0.15, 0.2) is 0 Å². The number of anilines is 1. The third kappa shape index (κ3) is 1.56. The number of aliphatic hydroxyl groups excluding tert-OH is 1. The molecular weight excluding hydrogens is 254 g/mol. The first-order chi connectivity index (χ1) is 8.59. The van der Waals surface area contributed by atoms with Crippen LogP contribution >= 0.6 is 11.6 Å². The van der Waals surface area contributed by atoms with E-state index in [0.29, 0.717) is 22.7 Å². The van der Waals surface area contributed by atoms with Crippen molar-refractivity contribution in [3.05, 3.63) is 28.8 Å². The van der Waals surface area contributed by atoms with Crippen LogP contribution in [0.5, 0.6) is 0 Å². The number of halogens is 1. The van der Waals surface area contributed by atoms with Gasteiger partial charge in [-0.3, -0.25) is 14.5 Å². The Labute approximate surface area is 109 Å². The normalized spacial score (nSPS) is 26.9. The predicted molar refractivity (Wildman–Crippen MR) is 66.9 cm³/mol. The molecule has 1 heterocycles. The van der Waals surface area contributed by atoms with E-state index >= 15 is 0 Å². The number of carbonyl (C=O) groups is 2. The highest BCUT2D eigenvalue weighted by atomic mass is 35.5. The van der Waals surface area contributed by atoms with Crippen molar-refractivity contribution in [3.8, 4) is 0 Å². The number of Topliss-reactive ketones (excluding diaryl/α,β-unsaturated/α-hetero) is 1. The fraction of sp³-hybridized carbons (Fsp3) is 0.385. The average molecular weight is 266 g/mol. The lowest BCUT2D eigenvalue weighted by Gasteiger charge is -2.26. The average Bonchev–Trinajstić information content (AvgIpc) is 2.85. The molecule has 1 aliphatic heterocycles. The lowest BCUT2D eigenvalue weighted by molar-refractivity contribution is -0.115. The standard InChI is InChI=1S/C13H12ClNO3/c14-7-4-5-9-8(6-7)12(17)13(18)15(9)10-2-1-3-11(10)16/h4-6,10-11,16H,1-3H2/t10-,11-/m0/s1. The summed E-state index contributed by atoms with van der Waals surface area (Å²) in [6.45, 7) is 0. The Morgan fingerprint density at radius 3 is 2.72 bits per heavy atom. The van der Waals surface area contributed by atoms with Gasteiger partial charge in [-0.1, -0.05) is 11.6 Å². The number of fused-ring (bicyclic) bond motifs is 1. The summed E-state index contributed by atoms with van der Waals surface area (Å²) < 4.78 is 0. The second-order valence-corrected chi connectivity index (χ2v) is 5.17. The molecule has 3 rings (SSSR count). The van der Waals surface area contributed by atoms with E-state index in [1.807, 2.05) is 0 Å². The van der Waals surface area contributed by atoms with Gasteiger partial charge in [0, 0.05) is 5.02 Å². The van der Waals surface area contributed by atoms with Gasteiger partial charge in [-0.2, -0.15) is 0 Å². The molecule has 0 spiro atoms. The summed E-state index contributed by atoms with van der Waals surface area (Å²) in [5, 5.41) is 10.3. The first kappa shape index (κ1) is 11.7. The number of hydrogen-bond acceptors (Lipinski definition) is 3. The maximum Gasteiger partial charge on any atom is 0.299 e. The van der Waals surface area contributed by atoms with Crippen LogP contribution in [0.3, 0.4) is 0 Å². The van der Waals surface area contributed by atoms with Crippen molar-refractivity contribution < 1.29 is 14.7 Å². The summed E-state index contributed by atoms with van der Waals surface area (Å²) in [7, 11) is 0. The Balaban J connectivity index is 2.07. The third-order valence-electron chi connectivity index (χ3n) is 3.65. The van der Waals surface area contributed by atoms with Gasteiger partial charge in [0.05, 0.1) is 23.4 Å². The van der Waals surface area contributed by atoms with Gasteiger partial charge in [-0.05, 0) is 37.5 Å². The first-order valence-corrected chi connectivity index (χ1v) is 6.33. The topological polar surface area (TPSA) is 57.6 Å². The van der Waals surface area contributed by atoms with Crippen LogP contribution in [0.25, 0.3) is 0 Å². The molecule has 2 aliphatic rings. The molecule has 5 heteroatoms. The molecule has 0 unspecified atom stereocenters. The van der Waals surface area contributed by atoms with Crippen molar-refractivity contribution >= 4 is 29.0 Å². The zero-order valence-electron chi connectivity index (χ0n) is 9.60. The zero-order valence-corrected chi connectivity index (χ0v) is 10.4. The number of benzene rings is 1. The van der Waals surface area contributed by atoms with Crippen molar-refractivity contribution in [1.29, 1.82) is 0 Å². The first-order valence-electron chi connectivity index (χ1n) is 5.95. The lowest BCUT2D eigenvalue weighted by atomic mass is 10.1. The van der Waals surface area contributed by atoms with Crippen LogP contribution in [0.4, 0.5) is 5.69 Å². The van der Waals surface area contributed by atoms with Gasteiger partial charge in [-0.15, -0.1) is 0 Å². The molecule has 0 bridgehead atoms. The maximum absolute atomic E-state index is 12.0. The minimum absolute atomic E-state index is 0.288. The number of ketones is 1. The summed E-state index contributed by atoms with van der Waals surface area (Å²) in [6.07, 6.45) is 1.71. The molecule has 2 atom stereocenters. The van der Waals surface area contributed by atoms with Crippen LogP contribution < -0.4 is 4.90 Å². The van der Waals surface area contributed by atoms with Gasteiger partial charge in [0.2, 0.25) is 0 Å². The minimum Gasteiger partial charge on any atom is -0.391 e. The fourth-order valence-electron chi connectivity index (χ4n) is 2.79. The molecule has 0 radical (unpaired) electrons. The van der Waals surface area contributed by atoms with Crippen LogP contribution in [0.1, 0.15) is 29.6 Å². The number of aliphatic hydroxyl groups is 1. The molecule has 18 heavy (non-hydrogen) atoms. The SMILES string of the molecule is O=C1C(=O)N([C@H]2CCC[C@@H]2O)c2ccc(Cl)cc21. The maximum atomic E-state index is 12.0. The Morgan fingerprint density at radius 2 is 2.06 bits per heavy atom. The van der Waals surface area contributed by atoms with Gasteiger partial charge in [0.1, 0.15) is 0 Å². The number of rotatable bonds is 1. The van der Waals surface area contributed by atoms with Gasteiger partial charge in [0.25, 0.3) is 11.7 Å². The van der Waals surface area contributed by atoms with Crippen molar-refractivity contribution in [2.45, 2.75) is 31.4 Å². The Kier molecular flexibility index (Phi) is 2.64. The van der Waals surface area contributed by atoms with Crippen molar-refractivity contribution in [3.63, 3.8) is 0 Å². The van der Waals surface area contributed by atoms with Gasteiger partial charge < -0.3 is 5.11 Å². The Hall–Kier alpha value is -1.39. The highest BCUT2D eigenvalue weighted by molar-refractivity contribution is 6.52. The molecule has 1 aliphatic carbocycles. The summed E-state index contributed by atoms with van der Waals surface area (Å²) in [6, 6.07) is 4.55. The van der Waals surface area contributed by atoms with E-state index < -0.39 is 17.8 Å². The molecule has 1 saturated carbocycles. The van der Waals surface area contributed by atoms with Crippen LogP contribution in [0, 0.1) is 0 Å². The number of carbonyl (C=O) groups excluding carboxylic acids is 2. The smallest absolute Gasteiger partial charge is 0.299 e. The Morgan fingerprint density at radius 1 is 1.28 bits per heavy atom. The lowest BCUT2D eigenvalue weighted by Crippen LogP contribution is -2.43. The summed E-state index contributed by atoms with van der Waals surface area (Å²) in [5.41, 5.74) is 0.909. The van der Waals surface area contributed by atoms with Crippen molar-refractivity contribution in [2.24, 2.45) is 0 Å². The van der Waals surface area contributed by atoms with E-state index in [1.54, 1.807) is 12.1 Å². The van der Waals surface area contributed by atoms with E-state index in [9.17, 15) is 14.7 Å². The largest absolute Gasteiger partial charge is 0.391 e. The second-order valence-electron chi connectivity index (χ2n) is 4.73. The number of nitrogens with zero attached hydrogens (tertiary/aromatic N) is 1. The quantitative estimate of drug-likeness (QED) is 0.788. The molecule has 1 amide bonds. The van der Waals surface area contributed by atoms with Crippen LogP contribution in [0.2, 0.25) is 5.02 Å². The molecule has 1 aromatic carbocycles. The summed E-state index contributed by atoms with van der Waals surface area (Å²) in [4.78, 5) is 25.4. The van der Waals surface area contributed by atoms with E-state index in [2.05, 4.69) is 0 Å². The fourth-order valence-corrected chi connectivity index (χ4v) is 2.96. The van der Waals surface area contributed by atoms with Crippen molar-refractivity contribution in [2.75, 3.05) is 4.90 Å². The van der Waals surface area contributed by atoms with Gasteiger partial charge >= 0.3 is 0 Å². The molecule has 4 nitrogen and oxygen atoms in total. The molecule has 1 N–H and O–H groups in total. The summed E-state index contributed by atoms with van der Waals surface area (Å²) in [5.74, 6) is -1.09. The van der Waals surface area contributed by atoms with E-state index in [-0.39, 0.29) is 6.04 Å². The predicted octanol–water partition coefficient (Wildman–Crippen LogP) is 1.78. The monoisotopic (exact) mass is 265 g/mol. The molecule has 94 valence electrons. The second kappa shape index (κ2) is 4.07. The zero-order chi connectivity index (χ0) is 12.9. The van der Waals surface area contributed by atoms with Crippen LogP contribution in [0.15, 0.2) is 18.2 Å².